The van der Waals surface area contributed by atoms with Crippen LogP contribution in [0.2, 0.25) is 0 Å². The Labute approximate surface area is 122 Å². The van der Waals surface area contributed by atoms with E-state index in [2.05, 4.69) is 0 Å². The summed E-state index contributed by atoms with van der Waals surface area (Å²) in [4.78, 5) is 12.1. The Kier molecular flexibility index (Phi) is 4.88. The van der Waals surface area contributed by atoms with E-state index in [0.717, 1.165) is 0 Å². The van der Waals surface area contributed by atoms with Gasteiger partial charge in [0.1, 0.15) is 0 Å². The van der Waals surface area contributed by atoms with Crippen molar-refractivity contribution in [2.75, 3.05) is 39.3 Å². The van der Waals surface area contributed by atoms with Crippen LogP contribution in [0, 0.1) is 10.1 Å². The first-order chi connectivity index (χ1) is 9.95. The smallest absolute Gasteiger partial charge is 0.269 e. The molecule has 0 amide bonds. The molecule has 0 aliphatic carbocycles. The lowest BCUT2D eigenvalue weighted by atomic mass is 10.3. The van der Waals surface area contributed by atoms with Gasteiger partial charge in [0.25, 0.3) is 5.69 Å². The molecular weight excluding hydrogens is 298 g/mol. The number of hydrogen-bond donors (Lipinski definition) is 1. The lowest BCUT2D eigenvalue weighted by Gasteiger charge is -2.33. The fourth-order valence-electron chi connectivity index (χ4n) is 2.22. The molecule has 1 heterocycles. The Morgan fingerprint density at radius 1 is 1.14 bits per heavy atom. The van der Waals surface area contributed by atoms with Gasteiger partial charge in [0.15, 0.2) is 0 Å². The van der Waals surface area contributed by atoms with Gasteiger partial charge in [-0.2, -0.15) is 4.31 Å². The number of hydrogen-bond acceptors (Lipinski definition) is 6. The van der Waals surface area contributed by atoms with Gasteiger partial charge < -0.3 is 5.11 Å². The molecule has 1 aliphatic rings. The number of nitro groups is 1. The van der Waals surface area contributed by atoms with Crippen molar-refractivity contribution in [1.29, 1.82) is 0 Å². The third-order valence-electron chi connectivity index (χ3n) is 3.43. The molecule has 21 heavy (non-hydrogen) atoms. The minimum absolute atomic E-state index is 0.0507. The Morgan fingerprint density at radius 2 is 1.71 bits per heavy atom. The number of β-amino-alcohol motifs (C(OH)–C–C–N with tert-alkyl or cyclic N) is 1. The van der Waals surface area contributed by atoms with E-state index in [1.165, 1.54) is 28.6 Å². The zero-order chi connectivity index (χ0) is 15.5. The monoisotopic (exact) mass is 315 g/mol. The van der Waals surface area contributed by atoms with Crippen molar-refractivity contribution >= 4 is 15.7 Å². The first-order valence-corrected chi connectivity index (χ1v) is 7.97. The molecule has 0 saturated carbocycles. The molecule has 0 unspecified atom stereocenters. The fraction of sp³-hybridized carbons (Fsp3) is 0.500. The van der Waals surface area contributed by atoms with Crippen LogP contribution in [0.25, 0.3) is 0 Å². The van der Waals surface area contributed by atoms with Crippen molar-refractivity contribution in [3.8, 4) is 0 Å². The van der Waals surface area contributed by atoms with Crippen molar-refractivity contribution in [2.24, 2.45) is 0 Å². The molecule has 0 aromatic heterocycles. The van der Waals surface area contributed by atoms with Crippen LogP contribution in [0.4, 0.5) is 5.69 Å². The molecule has 1 N–H and O–H groups in total. The van der Waals surface area contributed by atoms with Crippen LogP contribution in [-0.2, 0) is 10.0 Å². The first-order valence-electron chi connectivity index (χ1n) is 6.53. The van der Waals surface area contributed by atoms with E-state index < -0.39 is 14.9 Å². The van der Waals surface area contributed by atoms with E-state index in [9.17, 15) is 18.5 Å². The summed E-state index contributed by atoms with van der Waals surface area (Å²) >= 11 is 0. The zero-order valence-electron chi connectivity index (χ0n) is 11.4. The van der Waals surface area contributed by atoms with Crippen LogP contribution < -0.4 is 0 Å². The van der Waals surface area contributed by atoms with Crippen LogP contribution in [0.1, 0.15) is 0 Å². The lowest BCUT2D eigenvalue weighted by Crippen LogP contribution is -2.49. The Bertz CT molecular complexity index is 594. The third kappa shape index (κ3) is 3.56. The maximum Gasteiger partial charge on any atom is 0.269 e. The normalized spacial score (nSPS) is 17.8. The average molecular weight is 315 g/mol. The maximum atomic E-state index is 12.4. The molecular formula is C12H17N3O5S. The van der Waals surface area contributed by atoms with Gasteiger partial charge in [0.05, 0.1) is 16.4 Å². The van der Waals surface area contributed by atoms with Crippen molar-refractivity contribution in [2.45, 2.75) is 4.90 Å². The quantitative estimate of drug-likeness (QED) is 0.601. The molecule has 1 fully saturated rings. The predicted molar refractivity (Wildman–Crippen MR) is 75.4 cm³/mol. The molecule has 9 heteroatoms. The highest BCUT2D eigenvalue weighted by atomic mass is 32.2. The second-order valence-electron chi connectivity index (χ2n) is 4.72. The minimum Gasteiger partial charge on any atom is -0.395 e. The summed E-state index contributed by atoms with van der Waals surface area (Å²) in [6.07, 6.45) is 0. The molecule has 1 aromatic rings. The topological polar surface area (TPSA) is 104 Å². The van der Waals surface area contributed by atoms with Crippen LogP contribution >= 0.6 is 0 Å². The van der Waals surface area contributed by atoms with Gasteiger partial charge in [0, 0.05) is 44.9 Å². The molecule has 1 aromatic carbocycles. The van der Waals surface area contributed by atoms with Crippen molar-refractivity contribution < 1.29 is 18.4 Å². The molecule has 116 valence electrons. The number of aliphatic hydroxyl groups is 1. The van der Waals surface area contributed by atoms with Gasteiger partial charge in [-0.25, -0.2) is 8.42 Å². The average Bonchev–Trinajstić information content (AvgIpc) is 2.48. The van der Waals surface area contributed by atoms with Crippen LogP contribution in [0.3, 0.4) is 0 Å². The number of piperazine rings is 1. The summed E-state index contributed by atoms with van der Waals surface area (Å²) in [7, 11) is -3.62. The SMILES string of the molecule is O=[N+]([O-])c1ccc(S(=O)(=O)N2CCN(CCO)CC2)cc1. The Hall–Kier alpha value is -1.55. The van der Waals surface area contributed by atoms with Crippen LogP contribution in [0.15, 0.2) is 29.2 Å². The molecule has 8 nitrogen and oxygen atoms in total. The van der Waals surface area contributed by atoms with E-state index in [4.69, 9.17) is 5.11 Å². The number of sulfonamides is 1. The lowest BCUT2D eigenvalue weighted by molar-refractivity contribution is -0.384. The fourth-order valence-corrected chi connectivity index (χ4v) is 3.65. The van der Waals surface area contributed by atoms with Gasteiger partial charge in [-0.3, -0.25) is 15.0 Å². The number of non-ortho nitro benzene ring substituents is 1. The molecule has 0 atom stereocenters. The zero-order valence-corrected chi connectivity index (χ0v) is 12.2. The Balaban J connectivity index is 2.10. The number of nitrogens with zero attached hydrogens (tertiary/aromatic N) is 3. The van der Waals surface area contributed by atoms with Gasteiger partial charge in [-0.1, -0.05) is 0 Å². The summed E-state index contributed by atoms with van der Waals surface area (Å²) in [5.41, 5.74) is -0.137. The highest BCUT2D eigenvalue weighted by Crippen LogP contribution is 2.20. The van der Waals surface area contributed by atoms with E-state index in [-0.39, 0.29) is 17.2 Å². The highest BCUT2D eigenvalue weighted by Gasteiger charge is 2.28. The van der Waals surface area contributed by atoms with Crippen molar-refractivity contribution in [1.82, 2.24) is 9.21 Å². The molecule has 0 spiro atoms. The highest BCUT2D eigenvalue weighted by molar-refractivity contribution is 7.89. The van der Waals surface area contributed by atoms with Crippen LogP contribution in [0.5, 0.6) is 0 Å². The second-order valence-corrected chi connectivity index (χ2v) is 6.66. The predicted octanol–water partition coefficient (Wildman–Crippen LogP) is -0.107. The summed E-state index contributed by atoms with van der Waals surface area (Å²) in [6.45, 7) is 2.40. The molecule has 1 aliphatic heterocycles. The molecule has 1 saturated heterocycles. The van der Waals surface area contributed by atoms with Gasteiger partial charge >= 0.3 is 0 Å². The number of aliphatic hydroxyl groups excluding tert-OH is 1. The molecule has 0 bridgehead atoms. The number of benzene rings is 1. The molecule has 2 rings (SSSR count). The number of rotatable bonds is 5. The molecule has 0 radical (unpaired) electrons. The summed E-state index contributed by atoms with van der Waals surface area (Å²) in [6, 6.07) is 4.89. The van der Waals surface area contributed by atoms with Crippen LogP contribution in [-0.4, -0.2) is 67.0 Å². The second kappa shape index (κ2) is 6.48. The van der Waals surface area contributed by atoms with Gasteiger partial charge in [-0.15, -0.1) is 0 Å². The van der Waals surface area contributed by atoms with E-state index in [0.29, 0.717) is 32.7 Å². The third-order valence-corrected chi connectivity index (χ3v) is 5.35. The summed E-state index contributed by atoms with van der Waals surface area (Å²) < 4.78 is 26.2. The number of nitro benzene ring substituents is 1. The first kappa shape index (κ1) is 15.8. The standard InChI is InChI=1S/C12H17N3O5S/c16-10-9-13-5-7-14(8-6-13)21(19,20)12-3-1-11(2-4-12)15(17)18/h1-4,16H,5-10H2. The van der Waals surface area contributed by atoms with Gasteiger partial charge in [0.2, 0.25) is 10.0 Å². The van der Waals surface area contributed by atoms with E-state index in [1.807, 2.05) is 4.90 Å². The minimum atomic E-state index is -3.62. The largest absolute Gasteiger partial charge is 0.395 e. The summed E-state index contributed by atoms with van der Waals surface area (Å²) in [5, 5.41) is 19.4. The van der Waals surface area contributed by atoms with Gasteiger partial charge in [-0.05, 0) is 12.1 Å². The van der Waals surface area contributed by atoms with E-state index in [1.54, 1.807) is 0 Å². The van der Waals surface area contributed by atoms with Crippen molar-refractivity contribution in [3.05, 3.63) is 34.4 Å². The Morgan fingerprint density at radius 3 is 2.19 bits per heavy atom. The maximum absolute atomic E-state index is 12.4. The summed E-state index contributed by atoms with van der Waals surface area (Å²) in [5.74, 6) is 0. The van der Waals surface area contributed by atoms with E-state index >= 15 is 0 Å². The van der Waals surface area contributed by atoms with Crippen molar-refractivity contribution in [3.63, 3.8) is 0 Å².